The molecule has 150 valence electrons. The molecule has 3 aromatic carbocycles. The first-order valence-electron chi connectivity index (χ1n) is 9.72. The molecule has 3 aromatic rings. The molecule has 0 saturated carbocycles. The maximum absolute atomic E-state index is 12.0. The summed E-state index contributed by atoms with van der Waals surface area (Å²) in [4.78, 5) is 13.4. The van der Waals surface area contributed by atoms with Crippen LogP contribution in [0, 0.1) is 0 Å². The molecule has 4 nitrogen and oxygen atoms in total. The van der Waals surface area contributed by atoms with E-state index in [0.717, 1.165) is 0 Å². The summed E-state index contributed by atoms with van der Waals surface area (Å²) in [7, 11) is 3.36. The van der Waals surface area contributed by atoms with Gasteiger partial charge in [0, 0.05) is 0 Å². The van der Waals surface area contributed by atoms with Crippen LogP contribution in [0.4, 0.5) is 4.79 Å². The van der Waals surface area contributed by atoms with Gasteiger partial charge in [-0.3, -0.25) is 0 Å². The molecule has 5 heteroatoms. The second-order valence-corrected chi connectivity index (χ2v) is 16.8. The van der Waals surface area contributed by atoms with Crippen LogP contribution in [0.3, 0.4) is 0 Å². The first-order chi connectivity index (χ1) is 14.0. The average Bonchev–Trinajstić information content (AvgIpc) is 2.76. The monoisotopic (exact) mass is 497 g/mol. The molecule has 1 unspecified atom stereocenters. The average molecular weight is 496 g/mol. The third kappa shape index (κ3) is 5.00. The molecule has 0 aliphatic heterocycles. The van der Waals surface area contributed by atoms with E-state index in [0.29, 0.717) is 6.61 Å². The van der Waals surface area contributed by atoms with E-state index in [9.17, 15) is 4.79 Å². The quantitative estimate of drug-likeness (QED) is 0.473. The zero-order valence-corrected chi connectivity index (χ0v) is 20.0. The number of hydrogen-bond acceptors (Lipinski definition) is 3. The fourth-order valence-electron chi connectivity index (χ4n) is 3.32. The van der Waals surface area contributed by atoms with E-state index in [1.807, 2.05) is 25.1 Å². The van der Waals surface area contributed by atoms with Crippen LogP contribution in [0.25, 0.3) is 0 Å². The fourth-order valence-corrected chi connectivity index (χ4v) is 14.7. The van der Waals surface area contributed by atoms with Crippen molar-refractivity contribution >= 4 is 35.6 Å². The Hall–Kier alpha value is -2.31. The van der Waals surface area contributed by atoms with Crippen LogP contribution in [0.5, 0.6) is 0 Å². The predicted octanol–water partition coefficient (Wildman–Crippen LogP) is 2.76. The molecule has 0 aromatic heterocycles. The minimum atomic E-state index is -3.77. The first kappa shape index (κ1) is 21.4. The van der Waals surface area contributed by atoms with Gasteiger partial charge in [-0.05, 0) is 0 Å². The predicted molar refractivity (Wildman–Crippen MR) is 120 cm³/mol. The van der Waals surface area contributed by atoms with Gasteiger partial charge in [-0.2, -0.15) is 0 Å². The number of carbonyl (C=O) groups is 1. The fraction of sp³-hybridized carbons (Fsp3) is 0.208. The number of amides is 1. The van der Waals surface area contributed by atoms with Crippen LogP contribution in [-0.4, -0.2) is 56.6 Å². The molecule has 3 rings (SSSR count). The normalized spacial score (nSPS) is 12.2. The van der Waals surface area contributed by atoms with E-state index >= 15 is 0 Å². The van der Waals surface area contributed by atoms with Gasteiger partial charge in [0.2, 0.25) is 0 Å². The second kappa shape index (κ2) is 9.94. The van der Waals surface area contributed by atoms with E-state index < -0.39 is 18.8 Å². The van der Waals surface area contributed by atoms with Crippen molar-refractivity contribution in [3.63, 3.8) is 0 Å². The van der Waals surface area contributed by atoms with Gasteiger partial charge in [-0.1, -0.05) is 0 Å². The number of nitrogens with zero attached hydrogens (tertiary/aromatic N) is 1. The molecule has 0 bridgehead atoms. The topological polar surface area (TPSA) is 38.8 Å². The number of carbonyl (C=O) groups excluding carboxylic acids is 1. The Labute approximate surface area is 177 Å². The Balaban J connectivity index is 2.04. The van der Waals surface area contributed by atoms with Crippen molar-refractivity contribution in [3.05, 3.63) is 91.0 Å². The Bertz CT molecular complexity index is 805. The maximum atomic E-state index is 12.0. The molecule has 0 spiro atoms. The third-order valence-electron chi connectivity index (χ3n) is 4.74. The standard InChI is InChI=1S/C6H12NO3.3C6H5.Sn/c1-5(4-8)10-6(9)7(2)3;3*1-2-4-6-5-3-1;/h5H,4H2,1-3H3;3*1-5H;/q-1;;;;+1. The third-order valence-corrected chi connectivity index (χ3v) is 16.3. The molecular formula is C24H27NO3Sn. The Morgan fingerprint density at radius 3 is 1.52 bits per heavy atom. The van der Waals surface area contributed by atoms with Gasteiger partial charge in [0.05, 0.1) is 0 Å². The summed E-state index contributed by atoms with van der Waals surface area (Å²) in [5.41, 5.74) is 0. The number of hydrogen-bond donors (Lipinski definition) is 0. The van der Waals surface area contributed by atoms with E-state index in [-0.39, 0.29) is 12.2 Å². The second-order valence-electron chi connectivity index (χ2n) is 7.18. The zero-order chi connectivity index (χ0) is 20.7. The molecule has 0 aliphatic rings. The number of ether oxygens (including phenoxy) is 1. The van der Waals surface area contributed by atoms with Crippen LogP contribution in [0.2, 0.25) is 0 Å². The zero-order valence-electron chi connectivity index (χ0n) is 17.1. The van der Waals surface area contributed by atoms with Gasteiger partial charge in [0.15, 0.2) is 0 Å². The Morgan fingerprint density at radius 2 is 1.17 bits per heavy atom. The van der Waals surface area contributed by atoms with Crippen LogP contribution in [0.1, 0.15) is 6.92 Å². The van der Waals surface area contributed by atoms with Crippen LogP contribution in [-0.2, 0) is 7.81 Å². The van der Waals surface area contributed by atoms with Crippen molar-refractivity contribution in [3.8, 4) is 0 Å². The van der Waals surface area contributed by atoms with Crippen molar-refractivity contribution in [2.75, 3.05) is 20.7 Å². The Morgan fingerprint density at radius 1 is 0.793 bits per heavy atom. The van der Waals surface area contributed by atoms with Gasteiger partial charge >= 0.3 is 178 Å². The van der Waals surface area contributed by atoms with Crippen LogP contribution < -0.4 is 10.7 Å². The summed E-state index contributed by atoms with van der Waals surface area (Å²) in [5.74, 6) is 0. The molecule has 0 saturated heterocycles. The summed E-state index contributed by atoms with van der Waals surface area (Å²) in [5, 5.41) is 0. The van der Waals surface area contributed by atoms with Crippen molar-refractivity contribution in [2.24, 2.45) is 0 Å². The van der Waals surface area contributed by atoms with Crippen molar-refractivity contribution in [1.82, 2.24) is 4.90 Å². The molecular weight excluding hydrogens is 469 g/mol. The summed E-state index contributed by atoms with van der Waals surface area (Å²) in [6, 6.07) is 31.4. The molecule has 29 heavy (non-hydrogen) atoms. The van der Waals surface area contributed by atoms with Crippen molar-refractivity contribution < 1.29 is 12.6 Å². The van der Waals surface area contributed by atoms with Crippen LogP contribution in [0.15, 0.2) is 91.0 Å². The van der Waals surface area contributed by atoms with Gasteiger partial charge in [-0.15, -0.1) is 0 Å². The first-order valence-corrected chi connectivity index (χ1v) is 15.2. The van der Waals surface area contributed by atoms with Crippen molar-refractivity contribution in [2.45, 2.75) is 13.0 Å². The molecule has 0 fully saturated rings. The van der Waals surface area contributed by atoms with Crippen LogP contribution >= 0.6 is 0 Å². The number of benzene rings is 3. The van der Waals surface area contributed by atoms with E-state index in [1.165, 1.54) is 15.6 Å². The molecule has 0 heterocycles. The van der Waals surface area contributed by atoms with E-state index in [1.54, 1.807) is 14.1 Å². The summed E-state index contributed by atoms with van der Waals surface area (Å²) >= 11 is -3.77. The van der Waals surface area contributed by atoms with Gasteiger partial charge < -0.3 is 0 Å². The molecule has 0 N–H and O–H groups in total. The van der Waals surface area contributed by atoms with Gasteiger partial charge in [0.25, 0.3) is 0 Å². The number of rotatable bonds is 7. The van der Waals surface area contributed by atoms with Crippen molar-refractivity contribution in [1.29, 1.82) is 0 Å². The van der Waals surface area contributed by atoms with Gasteiger partial charge in [0.1, 0.15) is 0 Å². The minimum absolute atomic E-state index is 0.342. The molecule has 0 aliphatic carbocycles. The summed E-state index contributed by atoms with van der Waals surface area (Å²) in [6.45, 7) is 2.22. The summed E-state index contributed by atoms with van der Waals surface area (Å²) in [6.07, 6.45) is -0.710. The molecule has 0 radical (unpaired) electrons. The van der Waals surface area contributed by atoms with E-state index in [4.69, 9.17) is 7.81 Å². The molecule has 1 atom stereocenters. The SMILES string of the molecule is CC(C[O][Sn]([c]1ccccc1)([c]1ccccc1)[c]1ccccc1)OC(=O)N(C)C. The van der Waals surface area contributed by atoms with Gasteiger partial charge in [-0.25, -0.2) is 0 Å². The van der Waals surface area contributed by atoms with E-state index in [2.05, 4.69) is 72.8 Å². The Kier molecular flexibility index (Phi) is 7.33. The summed E-state index contributed by atoms with van der Waals surface area (Å²) < 4.78 is 16.0. The molecule has 1 amide bonds.